The molecule has 17 heteroatoms. The second-order valence-electron chi connectivity index (χ2n) is 10.3. The van der Waals surface area contributed by atoms with Gasteiger partial charge in [0.05, 0.1) is 34.9 Å². The third kappa shape index (κ3) is 5.57. The van der Waals surface area contributed by atoms with Crippen LogP contribution in [0.1, 0.15) is 45.3 Å². The number of hydrogen-bond acceptors (Lipinski definition) is 8. The van der Waals surface area contributed by atoms with Crippen molar-refractivity contribution in [3.05, 3.63) is 110 Å². The van der Waals surface area contributed by atoms with E-state index < -0.39 is 48.9 Å². The number of alkyl halides is 3. The first-order valence-corrected chi connectivity index (χ1v) is 14.3. The number of aliphatic hydroxyl groups excluding tert-OH is 1. The Morgan fingerprint density at radius 2 is 1.59 bits per heavy atom. The zero-order valence-corrected chi connectivity index (χ0v) is 25.1. The van der Waals surface area contributed by atoms with Gasteiger partial charge >= 0.3 is 11.9 Å². The van der Waals surface area contributed by atoms with Crippen molar-refractivity contribution in [3.8, 4) is 17.1 Å². The van der Waals surface area contributed by atoms with Crippen molar-refractivity contribution in [2.24, 2.45) is 0 Å². The summed E-state index contributed by atoms with van der Waals surface area (Å²) in [5.74, 6) is -1.24. The summed E-state index contributed by atoms with van der Waals surface area (Å²) in [5.41, 5.74) is -0.0422. The van der Waals surface area contributed by atoms with E-state index in [9.17, 15) is 32.7 Å². The van der Waals surface area contributed by atoms with Crippen LogP contribution in [-0.4, -0.2) is 68.2 Å². The van der Waals surface area contributed by atoms with Crippen molar-refractivity contribution < 1.29 is 27.9 Å². The number of hydrogen-bond donors (Lipinski definition) is 1. The molecule has 2 amide bonds. The van der Waals surface area contributed by atoms with Gasteiger partial charge in [0, 0.05) is 16.8 Å². The van der Waals surface area contributed by atoms with E-state index in [0.717, 1.165) is 9.58 Å². The monoisotopic (exact) mass is 672 g/mol. The minimum atomic E-state index is -5.00. The van der Waals surface area contributed by atoms with E-state index in [0.29, 0.717) is 9.59 Å². The SMILES string of the molecule is C[C@H](c1nc(Cn2nc(-c3ccc(Cl)cc3)n(C[C@H](O)C(F)(F)F)c2=O)nn1-c1cnccc1Cl)N1C(=O)c2ccccc2C1=O. The van der Waals surface area contributed by atoms with E-state index in [4.69, 9.17) is 23.2 Å². The molecular formula is C29H21Cl2F3N8O4. The molecular weight excluding hydrogens is 652 g/mol. The van der Waals surface area contributed by atoms with E-state index in [1.807, 2.05) is 0 Å². The first-order chi connectivity index (χ1) is 21.8. The van der Waals surface area contributed by atoms with E-state index in [-0.39, 0.29) is 44.9 Å². The number of pyridine rings is 1. The summed E-state index contributed by atoms with van der Waals surface area (Å²) in [6.45, 7) is -0.00889. The van der Waals surface area contributed by atoms with Crippen molar-refractivity contribution in [3.63, 3.8) is 0 Å². The number of nitrogens with zero attached hydrogens (tertiary/aromatic N) is 8. The number of benzene rings is 2. The number of fused-ring (bicyclic) bond motifs is 1. The van der Waals surface area contributed by atoms with Crippen molar-refractivity contribution in [2.75, 3.05) is 0 Å². The molecule has 0 saturated heterocycles. The Bertz CT molecular complexity index is 2010. The lowest BCUT2D eigenvalue weighted by Gasteiger charge is -2.22. The number of carbonyl (C=O) groups is 2. The summed E-state index contributed by atoms with van der Waals surface area (Å²) in [6.07, 6.45) is -5.03. The van der Waals surface area contributed by atoms with Crippen molar-refractivity contribution in [2.45, 2.75) is 38.3 Å². The summed E-state index contributed by atoms with van der Waals surface area (Å²) in [6, 6.07) is 12.7. The molecule has 1 aliphatic rings. The molecule has 0 spiro atoms. The number of halogens is 5. The van der Waals surface area contributed by atoms with Crippen molar-refractivity contribution >= 4 is 35.0 Å². The summed E-state index contributed by atoms with van der Waals surface area (Å²) >= 11 is 12.4. The fraction of sp³-hybridized carbons (Fsp3) is 0.207. The fourth-order valence-electron chi connectivity index (χ4n) is 5.01. The molecule has 46 heavy (non-hydrogen) atoms. The summed E-state index contributed by atoms with van der Waals surface area (Å²) in [5, 5.41) is 19.1. The highest BCUT2D eigenvalue weighted by Crippen LogP contribution is 2.32. The van der Waals surface area contributed by atoms with Crippen LogP contribution >= 0.6 is 23.2 Å². The molecule has 3 aromatic heterocycles. The molecule has 1 N–H and O–H groups in total. The van der Waals surface area contributed by atoms with Crippen molar-refractivity contribution in [1.29, 1.82) is 0 Å². The summed E-state index contributed by atoms with van der Waals surface area (Å²) in [4.78, 5) is 49.6. The lowest BCUT2D eigenvalue weighted by atomic mass is 10.1. The van der Waals surface area contributed by atoms with Crippen molar-refractivity contribution in [1.82, 2.24) is 39.0 Å². The topological polar surface area (TPSA) is 141 Å². The number of aliphatic hydroxyl groups is 1. The van der Waals surface area contributed by atoms with Gasteiger partial charge in [-0.1, -0.05) is 35.3 Å². The average molecular weight is 673 g/mol. The fourth-order valence-corrected chi connectivity index (χ4v) is 5.33. The second-order valence-corrected chi connectivity index (χ2v) is 11.1. The summed E-state index contributed by atoms with van der Waals surface area (Å²) in [7, 11) is 0. The number of amides is 2. The molecule has 0 fully saturated rings. The summed E-state index contributed by atoms with van der Waals surface area (Å²) < 4.78 is 42.7. The normalized spacial score (nSPS) is 14.5. The molecule has 0 bridgehead atoms. The van der Waals surface area contributed by atoms with Crippen LogP contribution < -0.4 is 5.69 Å². The minimum Gasteiger partial charge on any atom is -0.382 e. The Hall–Kier alpha value is -4.86. The minimum absolute atomic E-state index is 0.0517. The number of imide groups is 1. The lowest BCUT2D eigenvalue weighted by molar-refractivity contribution is -0.207. The van der Waals surface area contributed by atoms with E-state index >= 15 is 0 Å². The van der Waals surface area contributed by atoms with Gasteiger partial charge in [-0.15, -0.1) is 10.2 Å². The maximum absolute atomic E-state index is 13.4. The Labute approximate surface area is 267 Å². The van der Waals surface area contributed by atoms with Gasteiger partial charge in [0.2, 0.25) is 0 Å². The molecule has 0 radical (unpaired) electrons. The molecule has 0 unspecified atom stereocenters. The lowest BCUT2D eigenvalue weighted by Crippen LogP contribution is -2.37. The van der Waals surface area contributed by atoms with Crippen LogP contribution in [0.2, 0.25) is 10.0 Å². The first-order valence-electron chi connectivity index (χ1n) is 13.6. The van der Waals surface area contributed by atoms with E-state index in [1.165, 1.54) is 59.5 Å². The Morgan fingerprint density at radius 1 is 0.935 bits per heavy atom. The van der Waals surface area contributed by atoms with E-state index in [2.05, 4.69) is 20.2 Å². The molecule has 1 aliphatic heterocycles. The molecule has 0 aliphatic carbocycles. The van der Waals surface area contributed by atoms with Gasteiger partial charge in [-0.25, -0.2) is 19.1 Å². The van der Waals surface area contributed by atoms with E-state index in [1.54, 1.807) is 19.1 Å². The van der Waals surface area contributed by atoms with Crippen LogP contribution in [0.4, 0.5) is 13.2 Å². The molecule has 236 valence electrons. The maximum Gasteiger partial charge on any atom is 0.416 e. The highest BCUT2D eigenvalue weighted by molar-refractivity contribution is 6.32. The highest BCUT2D eigenvalue weighted by Gasteiger charge is 2.41. The predicted molar refractivity (Wildman–Crippen MR) is 158 cm³/mol. The molecule has 5 aromatic rings. The highest BCUT2D eigenvalue weighted by atomic mass is 35.5. The van der Waals surface area contributed by atoms with Crippen LogP contribution in [0.25, 0.3) is 17.1 Å². The zero-order chi connectivity index (χ0) is 32.9. The Morgan fingerprint density at radius 3 is 2.20 bits per heavy atom. The van der Waals surface area contributed by atoms with Crippen LogP contribution in [0, 0.1) is 0 Å². The van der Waals surface area contributed by atoms with Gasteiger partial charge in [-0.2, -0.15) is 13.2 Å². The Balaban J connectivity index is 1.43. The number of carbonyl (C=O) groups excluding carboxylic acids is 2. The predicted octanol–water partition coefficient (Wildman–Crippen LogP) is 4.32. The smallest absolute Gasteiger partial charge is 0.382 e. The zero-order valence-electron chi connectivity index (χ0n) is 23.6. The molecule has 4 heterocycles. The van der Waals surface area contributed by atoms with Crippen LogP contribution in [0.5, 0.6) is 0 Å². The molecule has 2 aromatic carbocycles. The average Bonchev–Trinajstić information content (AvgIpc) is 3.65. The van der Waals surface area contributed by atoms with Gasteiger partial charge in [-0.05, 0) is 49.4 Å². The Kier molecular flexibility index (Phi) is 8.00. The van der Waals surface area contributed by atoms with Gasteiger partial charge < -0.3 is 5.11 Å². The van der Waals surface area contributed by atoms with Crippen LogP contribution in [0.3, 0.4) is 0 Å². The van der Waals surface area contributed by atoms with Crippen LogP contribution in [0.15, 0.2) is 71.8 Å². The number of rotatable bonds is 8. The first kappa shape index (κ1) is 31.1. The molecule has 12 nitrogen and oxygen atoms in total. The second kappa shape index (κ2) is 11.8. The van der Waals surface area contributed by atoms with Gasteiger partial charge in [-0.3, -0.25) is 24.0 Å². The standard InChI is InChI=1S/C29H21Cl2F3N8O4/c1-15(41-26(44)18-4-2-3-5-19(18)27(41)45)24-36-23(37-42(24)21-12-35-11-10-20(21)31)14-40-28(46)39(13-22(43)29(32,33)34)25(38-40)16-6-8-17(30)9-7-16/h2-12,15,22,43H,13-14H2,1H3/t15-,22+/m1/s1. The maximum atomic E-state index is 13.4. The molecule has 2 atom stereocenters. The van der Waals surface area contributed by atoms with Gasteiger partial charge in [0.25, 0.3) is 11.8 Å². The van der Waals surface area contributed by atoms with Crippen LogP contribution in [-0.2, 0) is 13.1 Å². The third-order valence-corrected chi connectivity index (χ3v) is 7.86. The van der Waals surface area contributed by atoms with Gasteiger partial charge in [0.15, 0.2) is 23.6 Å². The molecule has 6 rings (SSSR count). The third-order valence-electron chi connectivity index (χ3n) is 7.29. The molecule has 0 saturated carbocycles. The largest absolute Gasteiger partial charge is 0.416 e. The van der Waals surface area contributed by atoms with Gasteiger partial charge in [0.1, 0.15) is 12.2 Å². The number of aromatic nitrogens is 7. The quantitative estimate of drug-likeness (QED) is 0.240.